The predicted octanol–water partition coefficient (Wildman–Crippen LogP) is 4.43. The molecule has 18 heavy (non-hydrogen) atoms. The van der Waals surface area contributed by atoms with Gasteiger partial charge in [-0.05, 0) is 42.8 Å². The molecule has 2 aromatic carbocycles. The number of aliphatic hydroxyl groups is 1. The van der Waals surface area contributed by atoms with Crippen molar-refractivity contribution in [2.75, 3.05) is 0 Å². The molecule has 0 heterocycles. The van der Waals surface area contributed by atoms with Crippen LogP contribution >= 0.6 is 15.9 Å². The zero-order chi connectivity index (χ0) is 13.1. The van der Waals surface area contributed by atoms with Crippen LogP contribution in [0.5, 0.6) is 11.5 Å². The summed E-state index contributed by atoms with van der Waals surface area (Å²) in [5.41, 5.74) is 0.522. The third-order valence-electron chi connectivity index (χ3n) is 2.46. The maximum atomic E-state index is 13.7. The summed E-state index contributed by atoms with van der Waals surface area (Å²) in [5, 5.41) is 9.35. The molecule has 0 bridgehead atoms. The van der Waals surface area contributed by atoms with E-state index in [4.69, 9.17) is 4.74 Å². The molecule has 2 aromatic rings. The molecule has 2 rings (SSSR count). The van der Waals surface area contributed by atoms with Crippen molar-refractivity contribution in [2.45, 2.75) is 13.0 Å². The molecule has 94 valence electrons. The van der Waals surface area contributed by atoms with Crippen LogP contribution in [0.3, 0.4) is 0 Å². The lowest BCUT2D eigenvalue weighted by atomic mass is 10.1. The third kappa shape index (κ3) is 3.09. The van der Waals surface area contributed by atoms with Crippen molar-refractivity contribution in [1.82, 2.24) is 0 Å². The molecular formula is C14H12BrFO2. The molecule has 0 aliphatic heterocycles. The topological polar surface area (TPSA) is 29.5 Å². The molecule has 4 heteroatoms. The van der Waals surface area contributed by atoms with Gasteiger partial charge in [-0.2, -0.15) is 0 Å². The lowest BCUT2D eigenvalue weighted by molar-refractivity contribution is 0.198. The van der Waals surface area contributed by atoms with Gasteiger partial charge in [-0.25, -0.2) is 4.39 Å². The fourth-order valence-corrected chi connectivity index (χ4v) is 1.90. The number of hydrogen-bond donors (Lipinski definition) is 1. The fraction of sp³-hybridized carbons (Fsp3) is 0.143. The first-order valence-corrected chi connectivity index (χ1v) is 6.26. The van der Waals surface area contributed by atoms with Crippen LogP contribution in [0.25, 0.3) is 0 Å². The van der Waals surface area contributed by atoms with Gasteiger partial charge in [0, 0.05) is 4.47 Å². The van der Waals surface area contributed by atoms with Crippen LogP contribution in [0, 0.1) is 5.82 Å². The Labute approximate surface area is 113 Å². The zero-order valence-corrected chi connectivity index (χ0v) is 11.3. The Morgan fingerprint density at radius 2 is 2.00 bits per heavy atom. The average molecular weight is 311 g/mol. The molecule has 0 spiro atoms. The van der Waals surface area contributed by atoms with Crippen LogP contribution in [-0.4, -0.2) is 5.11 Å². The molecule has 1 N–H and O–H groups in total. The summed E-state index contributed by atoms with van der Waals surface area (Å²) < 4.78 is 20.0. The summed E-state index contributed by atoms with van der Waals surface area (Å²) >= 11 is 3.32. The standard InChI is InChI=1S/C14H12BrFO2/c1-9(17)10-5-6-14(13(16)7-10)18-12-4-2-3-11(15)8-12/h2-9,17H,1H3/t9-/m1/s1. The first-order chi connectivity index (χ1) is 8.56. The van der Waals surface area contributed by atoms with E-state index in [9.17, 15) is 9.50 Å². The molecule has 1 atom stereocenters. The van der Waals surface area contributed by atoms with Gasteiger partial charge in [0.15, 0.2) is 11.6 Å². The minimum atomic E-state index is -0.695. The van der Waals surface area contributed by atoms with Gasteiger partial charge in [0.2, 0.25) is 0 Å². The van der Waals surface area contributed by atoms with Gasteiger partial charge in [-0.1, -0.05) is 28.1 Å². The van der Waals surface area contributed by atoms with E-state index in [-0.39, 0.29) is 5.75 Å². The highest BCUT2D eigenvalue weighted by atomic mass is 79.9. The van der Waals surface area contributed by atoms with E-state index in [0.29, 0.717) is 11.3 Å². The van der Waals surface area contributed by atoms with Crippen LogP contribution < -0.4 is 4.74 Å². The van der Waals surface area contributed by atoms with Crippen LogP contribution in [0.4, 0.5) is 4.39 Å². The second kappa shape index (κ2) is 5.50. The first kappa shape index (κ1) is 13.1. The van der Waals surface area contributed by atoms with Gasteiger partial charge in [0.05, 0.1) is 6.10 Å². The van der Waals surface area contributed by atoms with Gasteiger partial charge in [-0.3, -0.25) is 0 Å². The van der Waals surface area contributed by atoms with Crippen molar-refractivity contribution >= 4 is 15.9 Å². The van der Waals surface area contributed by atoms with Crippen molar-refractivity contribution in [3.05, 3.63) is 58.3 Å². The molecular weight excluding hydrogens is 299 g/mol. The van der Waals surface area contributed by atoms with Gasteiger partial charge in [0.1, 0.15) is 5.75 Å². The Morgan fingerprint density at radius 3 is 2.61 bits per heavy atom. The summed E-state index contributed by atoms with van der Waals surface area (Å²) in [6.45, 7) is 1.59. The molecule has 0 radical (unpaired) electrons. The summed E-state index contributed by atoms with van der Waals surface area (Å²) in [6.07, 6.45) is -0.695. The van der Waals surface area contributed by atoms with Crippen molar-refractivity contribution in [3.63, 3.8) is 0 Å². The molecule has 0 saturated heterocycles. The highest BCUT2D eigenvalue weighted by Crippen LogP contribution is 2.28. The monoisotopic (exact) mass is 310 g/mol. The maximum Gasteiger partial charge on any atom is 0.166 e. The number of halogens is 2. The number of aliphatic hydroxyl groups excluding tert-OH is 1. The van der Waals surface area contributed by atoms with Crippen molar-refractivity contribution in [1.29, 1.82) is 0 Å². The second-order valence-corrected chi connectivity index (χ2v) is 4.84. The Bertz CT molecular complexity index is 555. The smallest absolute Gasteiger partial charge is 0.166 e. The Hall–Kier alpha value is -1.39. The lowest BCUT2D eigenvalue weighted by Crippen LogP contribution is -1.94. The maximum absolute atomic E-state index is 13.7. The average Bonchev–Trinajstić information content (AvgIpc) is 2.31. The molecule has 0 saturated carbocycles. The zero-order valence-electron chi connectivity index (χ0n) is 9.73. The minimum absolute atomic E-state index is 0.137. The first-order valence-electron chi connectivity index (χ1n) is 5.47. The largest absolute Gasteiger partial charge is 0.454 e. The SMILES string of the molecule is C[C@@H](O)c1ccc(Oc2cccc(Br)c2)c(F)c1. The molecule has 2 nitrogen and oxygen atoms in total. The lowest BCUT2D eigenvalue weighted by Gasteiger charge is -2.09. The summed E-state index contributed by atoms with van der Waals surface area (Å²) in [5.74, 6) is 0.193. The minimum Gasteiger partial charge on any atom is -0.454 e. The molecule has 0 fully saturated rings. The molecule has 0 aliphatic rings. The summed E-state index contributed by atoms with van der Waals surface area (Å²) in [4.78, 5) is 0. The van der Waals surface area contributed by atoms with Gasteiger partial charge >= 0.3 is 0 Å². The van der Waals surface area contributed by atoms with E-state index >= 15 is 0 Å². The Morgan fingerprint density at radius 1 is 1.22 bits per heavy atom. The number of ether oxygens (including phenoxy) is 1. The summed E-state index contributed by atoms with van der Waals surface area (Å²) in [6, 6.07) is 11.6. The highest BCUT2D eigenvalue weighted by Gasteiger charge is 2.08. The summed E-state index contributed by atoms with van der Waals surface area (Å²) in [7, 11) is 0. The number of benzene rings is 2. The number of hydrogen-bond acceptors (Lipinski definition) is 2. The van der Waals surface area contributed by atoms with E-state index in [1.165, 1.54) is 12.1 Å². The van der Waals surface area contributed by atoms with Crippen LogP contribution in [0.1, 0.15) is 18.6 Å². The van der Waals surface area contributed by atoms with Gasteiger partial charge < -0.3 is 9.84 Å². The molecule has 0 aromatic heterocycles. The normalized spacial score (nSPS) is 12.2. The number of rotatable bonds is 3. The molecule has 0 aliphatic carbocycles. The van der Waals surface area contributed by atoms with Crippen LogP contribution in [0.15, 0.2) is 46.9 Å². The Balaban J connectivity index is 2.24. The van der Waals surface area contributed by atoms with Crippen LogP contribution in [0.2, 0.25) is 0 Å². The van der Waals surface area contributed by atoms with Crippen molar-refractivity contribution in [3.8, 4) is 11.5 Å². The predicted molar refractivity (Wildman–Crippen MR) is 71.2 cm³/mol. The Kier molecular flexibility index (Phi) is 3.99. The van der Waals surface area contributed by atoms with E-state index in [2.05, 4.69) is 15.9 Å². The van der Waals surface area contributed by atoms with Crippen molar-refractivity contribution in [2.24, 2.45) is 0 Å². The van der Waals surface area contributed by atoms with Gasteiger partial charge in [-0.15, -0.1) is 0 Å². The van der Waals surface area contributed by atoms with Gasteiger partial charge in [0.25, 0.3) is 0 Å². The second-order valence-electron chi connectivity index (χ2n) is 3.93. The van der Waals surface area contributed by atoms with E-state index in [1.54, 1.807) is 25.1 Å². The highest BCUT2D eigenvalue weighted by molar-refractivity contribution is 9.10. The van der Waals surface area contributed by atoms with Crippen molar-refractivity contribution < 1.29 is 14.2 Å². The van der Waals surface area contributed by atoms with Crippen LogP contribution in [-0.2, 0) is 0 Å². The quantitative estimate of drug-likeness (QED) is 0.908. The van der Waals surface area contributed by atoms with E-state index in [1.807, 2.05) is 12.1 Å². The van der Waals surface area contributed by atoms with E-state index in [0.717, 1.165) is 4.47 Å². The fourth-order valence-electron chi connectivity index (χ4n) is 1.52. The molecule has 0 amide bonds. The molecule has 0 unspecified atom stereocenters. The van der Waals surface area contributed by atoms with E-state index < -0.39 is 11.9 Å². The third-order valence-corrected chi connectivity index (χ3v) is 2.96.